The number of hydrogen-bond donors (Lipinski definition) is 1. The number of nitrogens with zero attached hydrogens (tertiary/aromatic N) is 1. The first-order chi connectivity index (χ1) is 7.30. The smallest absolute Gasteiger partial charge is 0.303 e. The number of aromatic nitrogens is 1. The molecule has 1 rings (SSSR count). The SMILES string of the molecule is CC(C)c1csc(CC(C)(C)CC(=O)O)n1. The van der Waals surface area contributed by atoms with E-state index in [9.17, 15) is 4.79 Å². The average Bonchev–Trinajstić information content (AvgIpc) is 2.48. The average molecular weight is 241 g/mol. The Balaban J connectivity index is 2.68. The molecule has 1 aromatic heterocycles. The van der Waals surface area contributed by atoms with Crippen LogP contribution in [0.25, 0.3) is 0 Å². The summed E-state index contributed by atoms with van der Waals surface area (Å²) in [6.45, 7) is 8.16. The van der Waals surface area contributed by atoms with E-state index in [1.807, 2.05) is 13.8 Å². The molecule has 0 aliphatic rings. The fraction of sp³-hybridized carbons (Fsp3) is 0.667. The van der Waals surface area contributed by atoms with Gasteiger partial charge in [-0.1, -0.05) is 27.7 Å². The minimum Gasteiger partial charge on any atom is -0.481 e. The van der Waals surface area contributed by atoms with Crippen LogP contribution in [0.5, 0.6) is 0 Å². The number of carboxylic acids is 1. The summed E-state index contributed by atoms with van der Waals surface area (Å²) in [6.07, 6.45) is 0.917. The summed E-state index contributed by atoms with van der Waals surface area (Å²) < 4.78 is 0. The Morgan fingerprint density at radius 2 is 2.19 bits per heavy atom. The Morgan fingerprint density at radius 1 is 1.56 bits per heavy atom. The molecule has 0 aliphatic carbocycles. The van der Waals surface area contributed by atoms with Crippen LogP contribution in [0.3, 0.4) is 0 Å². The molecule has 0 unspecified atom stereocenters. The van der Waals surface area contributed by atoms with Crippen molar-refractivity contribution in [2.24, 2.45) is 5.41 Å². The Labute approximate surface area is 101 Å². The zero-order valence-corrected chi connectivity index (χ0v) is 11.1. The van der Waals surface area contributed by atoms with Crippen LogP contribution in [0.4, 0.5) is 0 Å². The van der Waals surface area contributed by atoms with Gasteiger partial charge in [-0.2, -0.15) is 0 Å². The lowest BCUT2D eigenvalue weighted by molar-refractivity contribution is -0.139. The zero-order valence-electron chi connectivity index (χ0n) is 10.3. The van der Waals surface area contributed by atoms with E-state index in [-0.39, 0.29) is 11.8 Å². The van der Waals surface area contributed by atoms with E-state index in [0.29, 0.717) is 5.92 Å². The third kappa shape index (κ3) is 3.93. The van der Waals surface area contributed by atoms with Crippen molar-refractivity contribution in [1.82, 2.24) is 4.98 Å². The molecule has 0 bridgehead atoms. The van der Waals surface area contributed by atoms with E-state index in [1.165, 1.54) is 0 Å². The number of rotatable bonds is 5. The first-order valence-electron chi connectivity index (χ1n) is 5.46. The van der Waals surface area contributed by atoms with Gasteiger partial charge in [0.1, 0.15) is 0 Å². The normalized spacial score (nSPS) is 12.1. The molecular weight excluding hydrogens is 222 g/mol. The fourth-order valence-electron chi connectivity index (χ4n) is 1.55. The van der Waals surface area contributed by atoms with Gasteiger partial charge in [-0.15, -0.1) is 11.3 Å². The Kier molecular flexibility index (Phi) is 4.08. The van der Waals surface area contributed by atoms with Crippen LogP contribution in [-0.4, -0.2) is 16.1 Å². The van der Waals surface area contributed by atoms with Crippen molar-refractivity contribution in [2.45, 2.75) is 46.5 Å². The lowest BCUT2D eigenvalue weighted by atomic mass is 9.86. The zero-order chi connectivity index (χ0) is 12.3. The molecule has 4 heteroatoms. The second kappa shape index (κ2) is 4.95. The maximum atomic E-state index is 10.7. The molecule has 0 atom stereocenters. The van der Waals surface area contributed by atoms with Crippen molar-refractivity contribution < 1.29 is 9.90 Å². The lowest BCUT2D eigenvalue weighted by Gasteiger charge is -2.20. The number of carboxylic acid groups (broad SMARTS) is 1. The lowest BCUT2D eigenvalue weighted by Crippen LogP contribution is -2.19. The molecule has 1 heterocycles. The summed E-state index contributed by atoms with van der Waals surface area (Å²) >= 11 is 1.63. The molecule has 0 aliphatic heterocycles. The summed E-state index contributed by atoms with van der Waals surface area (Å²) in [4.78, 5) is 15.2. The van der Waals surface area contributed by atoms with Crippen molar-refractivity contribution in [3.63, 3.8) is 0 Å². The van der Waals surface area contributed by atoms with Gasteiger partial charge < -0.3 is 5.11 Å². The Bertz CT molecular complexity index is 369. The Morgan fingerprint density at radius 3 is 2.62 bits per heavy atom. The van der Waals surface area contributed by atoms with Gasteiger partial charge in [0.05, 0.1) is 17.1 Å². The summed E-state index contributed by atoms with van der Waals surface area (Å²) in [5.41, 5.74) is 0.879. The molecule has 0 amide bonds. The van der Waals surface area contributed by atoms with Gasteiger partial charge in [-0.25, -0.2) is 4.98 Å². The van der Waals surface area contributed by atoms with Crippen LogP contribution in [0.1, 0.15) is 50.7 Å². The molecule has 0 fully saturated rings. The molecule has 0 aromatic carbocycles. The number of hydrogen-bond acceptors (Lipinski definition) is 3. The van der Waals surface area contributed by atoms with Crippen LogP contribution in [0.2, 0.25) is 0 Å². The summed E-state index contributed by atoms with van der Waals surface area (Å²) in [6, 6.07) is 0. The van der Waals surface area contributed by atoms with Gasteiger partial charge in [0, 0.05) is 11.8 Å². The standard InChI is InChI=1S/C12H19NO2S/c1-8(2)9-7-16-10(13-9)5-12(3,4)6-11(14)15/h7-8H,5-6H2,1-4H3,(H,14,15). The first kappa shape index (κ1) is 13.2. The Hall–Kier alpha value is -0.900. The fourth-order valence-corrected chi connectivity index (χ4v) is 2.77. The van der Waals surface area contributed by atoms with Gasteiger partial charge in [-0.05, 0) is 11.3 Å². The highest BCUT2D eigenvalue weighted by atomic mass is 32.1. The molecular formula is C12H19NO2S. The maximum Gasteiger partial charge on any atom is 0.303 e. The highest BCUT2D eigenvalue weighted by Crippen LogP contribution is 2.28. The maximum absolute atomic E-state index is 10.7. The molecule has 1 N–H and O–H groups in total. The second-order valence-corrected chi connectivity index (χ2v) is 6.17. The van der Waals surface area contributed by atoms with E-state index in [4.69, 9.17) is 5.11 Å². The second-order valence-electron chi connectivity index (χ2n) is 5.23. The molecule has 0 saturated heterocycles. The first-order valence-corrected chi connectivity index (χ1v) is 6.34. The molecule has 0 radical (unpaired) electrons. The van der Waals surface area contributed by atoms with Gasteiger partial charge in [0.25, 0.3) is 0 Å². The largest absolute Gasteiger partial charge is 0.481 e. The van der Waals surface area contributed by atoms with Crippen LogP contribution < -0.4 is 0 Å². The van der Waals surface area contributed by atoms with Crippen LogP contribution in [0, 0.1) is 5.41 Å². The predicted octanol–water partition coefficient (Wildman–Crippen LogP) is 3.31. The number of thiazole rings is 1. The molecule has 0 spiro atoms. The predicted molar refractivity (Wildman–Crippen MR) is 65.9 cm³/mol. The third-order valence-electron chi connectivity index (χ3n) is 2.42. The van der Waals surface area contributed by atoms with Crippen LogP contribution >= 0.6 is 11.3 Å². The van der Waals surface area contributed by atoms with Crippen molar-refractivity contribution >= 4 is 17.3 Å². The molecule has 16 heavy (non-hydrogen) atoms. The van der Waals surface area contributed by atoms with Crippen molar-refractivity contribution in [2.75, 3.05) is 0 Å². The van der Waals surface area contributed by atoms with E-state index in [1.54, 1.807) is 11.3 Å². The minimum absolute atomic E-state index is 0.184. The van der Waals surface area contributed by atoms with Gasteiger partial charge >= 0.3 is 5.97 Å². The minimum atomic E-state index is -0.745. The summed E-state index contributed by atoms with van der Waals surface area (Å²) in [5, 5.41) is 11.9. The van der Waals surface area contributed by atoms with E-state index < -0.39 is 5.97 Å². The summed E-state index contributed by atoms with van der Waals surface area (Å²) in [5.74, 6) is -0.307. The highest BCUT2D eigenvalue weighted by molar-refractivity contribution is 7.09. The molecule has 3 nitrogen and oxygen atoms in total. The van der Waals surface area contributed by atoms with E-state index >= 15 is 0 Å². The highest BCUT2D eigenvalue weighted by Gasteiger charge is 2.23. The summed E-state index contributed by atoms with van der Waals surface area (Å²) in [7, 11) is 0. The topological polar surface area (TPSA) is 50.2 Å². The van der Waals surface area contributed by atoms with Gasteiger partial charge in [0.15, 0.2) is 0 Å². The monoisotopic (exact) mass is 241 g/mol. The van der Waals surface area contributed by atoms with Crippen molar-refractivity contribution in [1.29, 1.82) is 0 Å². The quantitative estimate of drug-likeness (QED) is 0.860. The van der Waals surface area contributed by atoms with Gasteiger partial charge in [0.2, 0.25) is 0 Å². The van der Waals surface area contributed by atoms with Gasteiger partial charge in [-0.3, -0.25) is 4.79 Å². The van der Waals surface area contributed by atoms with E-state index in [0.717, 1.165) is 17.1 Å². The van der Waals surface area contributed by atoms with Crippen molar-refractivity contribution in [3.8, 4) is 0 Å². The molecule has 0 saturated carbocycles. The third-order valence-corrected chi connectivity index (χ3v) is 3.29. The van der Waals surface area contributed by atoms with Crippen molar-refractivity contribution in [3.05, 3.63) is 16.1 Å². The molecule has 1 aromatic rings. The molecule has 90 valence electrons. The number of aliphatic carboxylic acids is 1. The number of carbonyl (C=O) groups is 1. The van der Waals surface area contributed by atoms with Crippen LogP contribution in [0.15, 0.2) is 5.38 Å². The van der Waals surface area contributed by atoms with Crippen LogP contribution in [-0.2, 0) is 11.2 Å². The van der Waals surface area contributed by atoms with E-state index in [2.05, 4.69) is 24.2 Å².